The summed E-state index contributed by atoms with van der Waals surface area (Å²) in [7, 11) is -1.77. The average Bonchev–Trinajstić information content (AvgIpc) is 3.53. The minimum Gasteiger partial charge on any atom is -0.339 e. The van der Waals surface area contributed by atoms with Crippen LogP contribution in [0.2, 0.25) is 0 Å². The molecule has 2 aromatic rings. The molecule has 1 amide bonds. The number of carbonyl (C=O) groups excluding carboxylic acids is 1. The Morgan fingerprint density at radius 1 is 1.32 bits per heavy atom. The van der Waals surface area contributed by atoms with Crippen LogP contribution in [0.15, 0.2) is 36.7 Å². The Balaban J connectivity index is 1.46. The first-order chi connectivity index (χ1) is 14.7. The third-order valence-electron chi connectivity index (χ3n) is 5.93. The molecule has 0 aromatic carbocycles. The van der Waals surface area contributed by atoms with Crippen molar-refractivity contribution in [2.24, 2.45) is 11.3 Å². The van der Waals surface area contributed by atoms with Gasteiger partial charge in [0.05, 0.1) is 36.4 Å². The van der Waals surface area contributed by atoms with Gasteiger partial charge in [0.15, 0.2) is 0 Å². The molecule has 162 valence electrons. The predicted molar refractivity (Wildman–Crippen MR) is 116 cm³/mol. The lowest BCUT2D eigenvalue weighted by atomic mass is 9.83. The molecule has 1 atom stereocenters. The van der Waals surface area contributed by atoms with E-state index in [1.165, 1.54) is 11.4 Å². The molecule has 1 saturated heterocycles. The average molecular weight is 441 g/mol. The number of nitriles is 1. The number of amides is 1. The Morgan fingerprint density at radius 2 is 2.10 bits per heavy atom. The molecule has 1 aliphatic carbocycles. The van der Waals surface area contributed by atoms with Crippen molar-refractivity contribution >= 4 is 33.1 Å². The van der Waals surface area contributed by atoms with E-state index >= 15 is 0 Å². The minimum atomic E-state index is -3.27. The third-order valence-corrected chi connectivity index (χ3v) is 7.19. The Bertz CT molecular complexity index is 1140. The number of nitrogens with one attached hydrogen (secondary N) is 1. The molecule has 2 fully saturated rings. The molecule has 4 rings (SSSR count). The zero-order valence-corrected chi connectivity index (χ0v) is 18.3. The van der Waals surface area contributed by atoms with Crippen molar-refractivity contribution in [3.8, 4) is 6.07 Å². The van der Waals surface area contributed by atoms with Crippen LogP contribution in [0.1, 0.15) is 25.0 Å². The van der Waals surface area contributed by atoms with Crippen LogP contribution < -0.4 is 10.2 Å². The topological polar surface area (TPSA) is 119 Å². The Morgan fingerprint density at radius 3 is 2.71 bits per heavy atom. The highest BCUT2D eigenvalue weighted by Gasteiger charge is 2.56. The van der Waals surface area contributed by atoms with E-state index in [1.54, 1.807) is 41.6 Å². The fourth-order valence-electron chi connectivity index (χ4n) is 3.87. The lowest BCUT2D eigenvalue weighted by molar-refractivity contribution is -0.123. The molecule has 2 aromatic heterocycles. The minimum absolute atomic E-state index is 0.115. The Kier molecular flexibility index (Phi) is 5.41. The highest BCUT2D eigenvalue weighted by Crippen LogP contribution is 2.51. The summed E-state index contributed by atoms with van der Waals surface area (Å²) < 4.78 is 24.3. The van der Waals surface area contributed by atoms with Crippen LogP contribution in [0.25, 0.3) is 0 Å². The van der Waals surface area contributed by atoms with Gasteiger partial charge in [0.1, 0.15) is 11.2 Å². The molecule has 2 aliphatic rings. The standard InChI is InChI=1S/C21H24N6O3S/c1-26(31(2,29)30)13-17-6-5-16(12-24-17)25-19-11-18(7-9-23-19)27-10-8-21(14-22,20(27)28)15-3-4-15/h5-7,9,11-12,15H,3-4,8,10,13H2,1-2H3,(H,23,25)/t21-/m1/s1. The summed E-state index contributed by atoms with van der Waals surface area (Å²) >= 11 is 0. The number of aromatic nitrogens is 2. The van der Waals surface area contributed by atoms with E-state index in [4.69, 9.17) is 0 Å². The zero-order chi connectivity index (χ0) is 22.2. The highest BCUT2D eigenvalue weighted by atomic mass is 32.2. The van der Waals surface area contributed by atoms with Crippen LogP contribution in [-0.2, 0) is 21.4 Å². The second kappa shape index (κ2) is 7.90. The quantitative estimate of drug-likeness (QED) is 0.701. The van der Waals surface area contributed by atoms with E-state index in [0.717, 1.165) is 19.1 Å². The summed E-state index contributed by atoms with van der Waals surface area (Å²) in [5.41, 5.74) is 1.14. The van der Waals surface area contributed by atoms with E-state index < -0.39 is 15.4 Å². The summed E-state index contributed by atoms with van der Waals surface area (Å²) in [5.74, 6) is 0.616. The first-order valence-corrected chi connectivity index (χ1v) is 11.9. The summed E-state index contributed by atoms with van der Waals surface area (Å²) in [6.07, 6.45) is 6.83. The first-order valence-electron chi connectivity index (χ1n) is 10.1. The number of hydrogen-bond acceptors (Lipinski definition) is 7. The monoisotopic (exact) mass is 440 g/mol. The van der Waals surface area contributed by atoms with Crippen LogP contribution in [0.3, 0.4) is 0 Å². The van der Waals surface area contributed by atoms with Gasteiger partial charge in [-0.3, -0.25) is 9.78 Å². The van der Waals surface area contributed by atoms with Crippen molar-refractivity contribution in [3.63, 3.8) is 0 Å². The fourth-order valence-corrected chi connectivity index (χ4v) is 4.24. The smallest absolute Gasteiger partial charge is 0.247 e. The number of carbonyl (C=O) groups is 1. The number of anilines is 3. The van der Waals surface area contributed by atoms with Crippen molar-refractivity contribution in [2.45, 2.75) is 25.8 Å². The molecule has 3 heterocycles. The van der Waals surface area contributed by atoms with Gasteiger partial charge in [-0.15, -0.1) is 0 Å². The van der Waals surface area contributed by atoms with Crippen LogP contribution >= 0.6 is 0 Å². The van der Waals surface area contributed by atoms with Crippen molar-refractivity contribution in [1.29, 1.82) is 5.26 Å². The summed E-state index contributed by atoms with van der Waals surface area (Å²) in [5, 5.41) is 12.8. The molecule has 0 radical (unpaired) electrons. The van der Waals surface area contributed by atoms with E-state index in [1.807, 2.05) is 0 Å². The normalized spacial score (nSPS) is 21.4. The number of rotatable bonds is 7. The Hall–Kier alpha value is -3.03. The van der Waals surface area contributed by atoms with E-state index in [-0.39, 0.29) is 18.4 Å². The number of nitrogens with zero attached hydrogens (tertiary/aromatic N) is 5. The molecule has 0 spiro atoms. The van der Waals surface area contributed by atoms with Gasteiger partial charge in [-0.25, -0.2) is 13.4 Å². The summed E-state index contributed by atoms with van der Waals surface area (Å²) in [6, 6.07) is 9.39. The van der Waals surface area contributed by atoms with Gasteiger partial charge in [-0.05, 0) is 43.4 Å². The maximum Gasteiger partial charge on any atom is 0.247 e. The van der Waals surface area contributed by atoms with Crippen molar-refractivity contribution < 1.29 is 13.2 Å². The summed E-state index contributed by atoms with van der Waals surface area (Å²) in [6.45, 7) is 0.710. The molecule has 0 bridgehead atoms. The second-order valence-corrected chi connectivity index (χ2v) is 10.2. The molecular weight excluding hydrogens is 416 g/mol. The highest BCUT2D eigenvalue weighted by molar-refractivity contribution is 7.88. The zero-order valence-electron chi connectivity index (χ0n) is 17.4. The van der Waals surface area contributed by atoms with Gasteiger partial charge in [-0.2, -0.15) is 9.57 Å². The maximum absolute atomic E-state index is 13.0. The second-order valence-electron chi connectivity index (χ2n) is 8.15. The molecule has 1 aliphatic heterocycles. The largest absolute Gasteiger partial charge is 0.339 e. The number of pyridine rings is 2. The number of hydrogen-bond donors (Lipinski definition) is 1. The van der Waals surface area contributed by atoms with Gasteiger partial charge in [-0.1, -0.05) is 0 Å². The maximum atomic E-state index is 13.0. The van der Waals surface area contributed by atoms with Gasteiger partial charge < -0.3 is 10.2 Å². The molecule has 1 saturated carbocycles. The van der Waals surface area contributed by atoms with Crippen LogP contribution in [0.4, 0.5) is 17.2 Å². The molecule has 1 N–H and O–H groups in total. The van der Waals surface area contributed by atoms with Crippen molar-refractivity contribution in [3.05, 3.63) is 42.4 Å². The molecule has 31 heavy (non-hydrogen) atoms. The van der Waals surface area contributed by atoms with Crippen LogP contribution in [0.5, 0.6) is 0 Å². The Labute approximate surface area is 181 Å². The van der Waals surface area contributed by atoms with Crippen LogP contribution in [-0.4, -0.2) is 48.4 Å². The van der Waals surface area contributed by atoms with Gasteiger partial charge in [0.25, 0.3) is 0 Å². The van der Waals surface area contributed by atoms with Crippen molar-refractivity contribution in [2.75, 3.05) is 30.1 Å². The van der Waals surface area contributed by atoms with E-state index in [2.05, 4.69) is 21.4 Å². The first kappa shape index (κ1) is 21.2. The van der Waals surface area contributed by atoms with Gasteiger partial charge in [0, 0.05) is 31.5 Å². The fraction of sp³-hybridized carbons (Fsp3) is 0.429. The van der Waals surface area contributed by atoms with Gasteiger partial charge in [0.2, 0.25) is 15.9 Å². The van der Waals surface area contributed by atoms with Crippen LogP contribution in [0, 0.1) is 22.7 Å². The molecular formula is C21H24N6O3S. The van der Waals surface area contributed by atoms with Gasteiger partial charge >= 0.3 is 0 Å². The third kappa shape index (κ3) is 4.24. The predicted octanol–water partition coefficient (Wildman–Crippen LogP) is 2.27. The lowest BCUT2D eigenvalue weighted by Gasteiger charge is -2.21. The molecule has 9 nitrogen and oxygen atoms in total. The summed E-state index contributed by atoms with van der Waals surface area (Å²) in [4.78, 5) is 23.3. The number of sulfonamides is 1. The van der Waals surface area contributed by atoms with Crippen molar-refractivity contribution in [1.82, 2.24) is 14.3 Å². The molecule has 0 unspecified atom stereocenters. The SMILES string of the molecule is CN(Cc1ccc(Nc2cc(N3CC[C@@](C#N)(C4CC4)C3=O)ccn2)cn1)S(C)(=O)=O. The van der Waals surface area contributed by atoms with E-state index in [9.17, 15) is 18.5 Å². The lowest BCUT2D eigenvalue weighted by Crippen LogP contribution is -2.35. The molecule has 10 heteroatoms. The van der Waals surface area contributed by atoms with E-state index in [0.29, 0.717) is 35.9 Å².